The van der Waals surface area contributed by atoms with Crippen LogP contribution >= 0.6 is 0 Å². The number of carbonyl (C=O) groups is 2. The van der Waals surface area contributed by atoms with Gasteiger partial charge >= 0.3 is 0 Å². The Balaban J connectivity index is 1.84. The first-order valence-electron chi connectivity index (χ1n) is 7.61. The van der Waals surface area contributed by atoms with Crippen molar-refractivity contribution in [3.05, 3.63) is 0 Å². The summed E-state index contributed by atoms with van der Waals surface area (Å²) in [7, 11) is 0. The summed E-state index contributed by atoms with van der Waals surface area (Å²) < 4.78 is 53.1. The minimum absolute atomic E-state index is 0.191. The zero-order valence-corrected chi connectivity index (χ0v) is 12.6. The van der Waals surface area contributed by atoms with Crippen molar-refractivity contribution in [3.63, 3.8) is 0 Å². The zero-order chi connectivity index (χ0) is 17.0. The molecule has 0 spiro atoms. The van der Waals surface area contributed by atoms with Gasteiger partial charge in [0.15, 0.2) is 0 Å². The molecule has 2 unspecified atom stereocenters. The van der Waals surface area contributed by atoms with E-state index in [4.69, 9.17) is 0 Å². The number of nitrogens with zero attached hydrogens (tertiary/aromatic N) is 2. The van der Waals surface area contributed by atoms with Crippen LogP contribution in [0.15, 0.2) is 0 Å². The van der Waals surface area contributed by atoms with E-state index in [1.807, 2.05) is 0 Å². The molecule has 0 aromatic rings. The molecule has 3 heterocycles. The van der Waals surface area contributed by atoms with Crippen LogP contribution in [0.5, 0.6) is 0 Å². The normalized spacial score (nSPS) is 23.9. The lowest BCUT2D eigenvalue weighted by atomic mass is 9.90. The predicted molar refractivity (Wildman–Crippen MR) is 72.3 cm³/mol. The van der Waals surface area contributed by atoms with Gasteiger partial charge in [0.25, 0.3) is 6.43 Å². The van der Waals surface area contributed by atoms with E-state index < -0.39 is 32.5 Å². The summed E-state index contributed by atoms with van der Waals surface area (Å²) in [4.78, 5) is 27.1. The number of halogens is 4. The Morgan fingerprint density at radius 3 is 2.00 bits per heavy atom. The molecule has 23 heavy (non-hydrogen) atoms. The molecule has 3 aliphatic rings. The van der Waals surface area contributed by atoms with Crippen molar-refractivity contribution in [2.45, 2.75) is 50.6 Å². The van der Waals surface area contributed by atoms with Crippen LogP contribution in [0.3, 0.4) is 0 Å². The topological polar surface area (TPSA) is 49.9 Å². The van der Waals surface area contributed by atoms with Crippen LogP contribution in [0, 0.1) is 0 Å². The van der Waals surface area contributed by atoms with Gasteiger partial charge < -0.3 is 14.5 Å². The Kier molecular flexibility index (Phi) is 6.20. The maximum absolute atomic E-state index is 12.2. The molecule has 3 fully saturated rings. The van der Waals surface area contributed by atoms with Crippen molar-refractivity contribution in [2.75, 3.05) is 26.3 Å². The largest absolute Gasteiger partial charge is 0.366 e. The van der Waals surface area contributed by atoms with E-state index in [0.717, 1.165) is 0 Å². The lowest BCUT2D eigenvalue weighted by molar-refractivity contribution is -0.155. The van der Waals surface area contributed by atoms with E-state index in [1.54, 1.807) is 9.80 Å². The second-order valence-electron chi connectivity index (χ2n) is 5.81. The SMILES string of the molecule is O=C(CCC(F)F)N1CC2CCC1CN2C(=O)COCC(F)F. The summed E-state index contributed by atoms with van der Waals surface area (Å²) in [6.07, 6.45) is -4.37. The number of piperazine rings is 1. The fraction of sp³-hybridized carbons (Fsp3) is 0.857. The van der Waals surface area contributed by atoms with E-state index in [-0.39, 0.29) is 30.3 Å². The highest BCUT2D eigenvalue weighted by molar-refractivity contribution is 5.80. The lowest BCUT2D eigenvalue weighted by Gasteiger charge is -2.51. The number of ether oxygens (including phenoxy) is 1. The van der Waals surface area contributed by atoms with Crippen LogP contribution in [0.4, 0.5) is 17.6 Å². The van der Waals surface area contributed by atoms with E-state index in [9.17, 15) is 27.2 Å². The van der Waals surface area contributed by atoms with Crippen molar-refractivity contribution in [1.29, 1.82) is 0 Å². The number of fused-ring (bicyclic) bond motifs is 3. The van der Waals surface area contributed by atoms with Crippen molar-refractivity contribution < 1.29 is 31.9 Å². The maximum atomic E-state index is 12.2. The Hall–Kier alpha value is -1.38. The summed E-state index contributed by atoms with van der Waals surface area (Å²) in [5.41, 5.74) is 0. The molecule has 0 aromatic heterocycles. The van der Waals surface area contributed by atoms with Crippen LogP contribution in [0.25, 0.3) is 0 Å². The van der Waals surface area contributed by atoms with E-state index in [1.165, 1.54) is 0 Å². The monoisotopic (exact) mass is 340 g/mol. The van der Waals surface area contributed by atoms with Crippen molar-refractivity contribution in [2.24, 2.45) is 0 Å². The minimum Gasteiger partial charge on any atom is -0.366 e. The van der Waals surface area contributed by atoms with E-state index >= 15 is 0 Å². The Bertz CT molecular complexity index is 436. The van der Waals surface area contributed by atoms with Gasteiger partial charge in [0.2, 0.25) is 18.2 Å². The lowest BCUT2D eigenvalue weighted by Crippen LogP contribution is -2.65. The predicted octanol–water partition coefficient (Wildman–Crippen LogP) is 1.52. The average molecular weight is 340 g/mol. The maximum Gasteiger partial charge on any atom is 0.261 e. The number of rotatable bonds is 7. The quantitative estimate of drug-likeness (QED) is 0.660. The fourth-order valence-electron chi connectivity index (χ4n) is 3.13. The number of amides is 2. The highest BCUT2D eigenvalue weighted by Crippen LogP contribution is 2.29. The highest BCUT2D eigenvalue weighted by atomic mass is 19.3. The zero-order valence-electron chi connectivity index (χ0n) is 12.6. The van der Waals surface area contributed by atoms with Gasteiger partial charge in [0.1, 0.15) is 13.2 Å². The summed E-state index contributed by atoms with van der Waals surface area (Å²) >= 11 is 0. The number of piperidine rings is 2. The Morgan fingerprint density at radius 2 is 1.52 bits per heavy atom. The molecule has 2 bridgehead atoms. The number of hydrogen-bond acceptors (Lipinski definition) is 3. The van der Waals surface area contributed by atoms with Crippen LogP contribution < -0.4 is 0 Å². The highest BCUT2D eigenvalue weighted by Gasteiger charge is 2.42. The van der Waals surface area contributed by atoms with Gasteiger partial charge in [-0.05, 0) is 12.8 Å². The number of hydrogen-bond donors (Lipinski definition) is 0. The average Bonchev–Trinajstić information content (AvgIpc) is 2.52. The number of alkyl halides is 4. The Labute approximate surface area is 131 Å². The van der Waals surface area contributed by atoms with Crippen LogP contribution in [0.2, 0.25) is 0 Å². The van der Waals surface area contributed by atoms with Gasteiger partial charge in [-0.15, -0.1) is 0 Å². The molecular formula is C14H20F4N2O3. The molecule has 3 aliphatic heterocycles. The minimum atomic E-state index is -2.62. The Morgan fingerprint density at radius 1 is 0.957 bits per heavy atom. The summed E-state index contributed by atoms with van der Waals surface area (Å²) in [6, 6.07) is -0.387. The molecule has 0 saturated carbocycles. The van der Waals surface area contributed by atoms with Crippen molar-refractivity contribution in [3.8, 4) is 0 Å². The van der Waals surface area contributed by atoms with E-state index in [0.29, 0.717) is 25.9 Å². The van der Waals surface area contributed by atoms with Gasteiger partial charge in [0.05, 0.1) is 0 Å². The van der Waals surface area contributed by atoms with Crippen LogP contribution in [-0.2, 0) is 14.3 Å². The first-order chi connectivity index (χ1) is 10.9. The van der Waals surface area contributed by atoms with Gasteiger partial charge in [-0.1, -0.05) is 0 Å². The van der Waals surface area contributed by atoms with Crippen molar-refractivity contribution in [1.82, 2.24) is 9.80 Å². The van der Waals surface area contributed by atoms with Crippen LogP contribution in [0.1, 0.15) is 25.7 Å². The molecule has 2 atom stereocenters. The summed E-state index contributed by atoms with van der Waals surface area (Å²) in [5.74, 6) is -0.693. The molecule has 2 amide bonds. The second kappa shape index (κ2) is 7.94. The van der Waals surface area contributed by atoms with Crippen LogP contribution in [-0.4, -0.2) is 72.9 Å². The van der Waals surface area contributed by atoms with Gasteiger partial charge in [-0.25, -0.2) is 17.6 Å². The van der Waals surface area contributed by atoms with Gasteiger partial charge in [-0.2, -0.15) is 0 Å². The number of carbonyl (C=O) groups excluding carboxylic acids is 2. The molecule has 132 valence electrons. The fourth-order valence-corrected chi connectivity index (χ4v) is 3.13. The molecule has 0 N–H and O–H groups in total. The second-order valence-corrected chi connectivity index (χ2v) is 5.81. The smallest absolute Gasteiger partial charge is 0.261 e. The molecule has 5 nitrogen and oxygen atoms in total. The summed E-state index contributed by atoms with van der Waals surface area (Å²) in [5, 5.41) is 0. The molecule has 0 aromatic carbocycles. The van der Waals surface area contributed by atoms with Crippen molar-refractivity contribution >= 4 is 11.8 Å². The van der Waals surface area contributed by atoms with E-state index in [2.05, 4.69) is 4.74 Å². The standard InChI is InChI=1S/C14H20F4N2O3/c15-11(16)3-4-13(21)19-5-10-2-1-9(19)6-20(10)14(22)8-23-7-12(17)18/h9-12H,1-8H2. The van der Waals surface area contributed by atoms with Gasteiger partial charge in [0, 0.05) is 38.0 Å². The first kappa shape index (κ1) is 18.0. The van der Waals surface area contributed by atoms with Gasteiger partial charge in [-0.3, -0.25) is 9.59 Å². The summed E-state index contributed by atoms with van der Waals surface area (Å²) in [6.45, 7) is -0.575. The third-order valence-electron chi connectivity index (χ3n) is 4.22. The molecule has 3 rings (SSSR count). The first-order valence-corrected chi connectivity index (χ1v) is 7.61. The molecule has 9 heteroatoms. The molecular weight excluding hydrogens is 320 g/mol. The third-order valence-corrected chi connectivity index (χ3v) is 4.22. The molecule has 3 saturated heterocycles. The third kappa shape index (κ3) is 4.79. The molecule has 0 radical (unpaired) electrons. The molecule has 0 aliphatic carbocycles.